The van der Waals surface area contributed by atoms with Crippen molar-refractivity contribution in [1.29, 1.82) is 0 Å². The van der Waals surface area contributed by atoms with E-state index in [1.807, 2.05) is 0 Å². The first-order chi connectivity index (χ1) is 6.50. The Morgan fingerprint density at radius 1 is 1.14 bits per heavy atom. The van der Waals surface area contributed by atoms with Crippen LogP contribution in [0.3, 0.4) is 0 Å². The van der Waals surface area contributed by atoms with Crippen LogP contribution >= 0.6 is 0 Å². The predicted molar refractivity (Wildman–Crippen MR) is 52.6 cm³/mol. The Morgan fingerprint density at radius 2 is 1.57 bits per heavy atom. The molecule has 0 unspecified atom stereocenters. The van der Waals surface area contributed by atoms with Crippen molar-refractivity contribution in [1.82, 2.24) is 4.98 Å². The summed E-state index contributed by atoms with van der Waals surface area (Å²) in [6.45, 7) is 3.35. The van der Waals surface area contributed by atoms with Gasteiger partial charge >= 0.3 is 0 Å². The average Bonchev–Trinajstić information content (AvgIpc) is 2.15. The maximum absolute atomic E-state index is 9.93. The Kier molecular flexibility index (Phi) is 2.96. The molecule has 0 spiro atoms. The van der Waals surface area contributed by atoms with Gasteiger partial charge in [0.05, 0.1) is 37.8 Å². The number of nitrogens with zero attached hydrogens (tertiary/aromatic N) is 1. The van der Waals surface area contributed by atoms with Gasteiger partial charge in [0.25, 0.3) is 0 Å². The summed E-state index contributed by atoms with van der Waals surface area (Å²) in [6, 6.07) is 0. The summed E-state index contributed by atoms with van der Waals surface area (Å²) in [7, 11) is 3.07. The molecular formula is C10H15NO3. The highest BCUT2D eigenvalue weighted by Gasteiger charge is 2.25. The second-order valence-electron chi connectivity index (χ2n) is 3.48. The van der Waals surface area contributed by atoms with Crippen molar-refractivity contribution < 1.29 is 14.6 Å². The normalized spacial score (nSPS) is 11.2. The summed E-state index contributed by atoms with van der Waals surface area (Å²) in [6.07, 6.45) is 3.10. The van der Waals surface area contributed by atoms with E-state index in [-0.39, 0.29) is 0 Å². The standard InChI is InChI=1S/C10H15NO3/c1-10(2,12)9-7(13-3)5-11-6-8(9)14-4/h5-6,12H,1-4H3. The van der Waals surface area contributed by atoms with Crippen molar-refractivity contribution in [3.05, 3.63) is 18.0 Å². The van der Waals surface area contributed by atoms with Crippen molar-refractivity contribution in [3.8, 4) is 11.5 Å². The van der Waals surface area contributed by atoms with Crippen molar-refractivity contribution >= 4 is 0 Å². The Hall–Kier alpha value is -1.29. The fraction of sp³-hybridized carbons (Fsp3) is 0.500. The van der Waals surface area contributed by atoms with Gasteiger partial charge in [-0.15, -0.1) is 0 Å². The lowest BCUT2D eigenvalue weighted by Gasteiger charge is -2.22. The Bertz CT molecular complexity index is 295. The van der Waals surface area contributed by atoms with Gasteiger partial charge in [0.1, 0.15) is 11.5 Å². The van der Waals surface area contributed by atoms with Gasteiger partial charge in [-0.2, -0.15) is 0 Å². The van der Waals surface area contributed by atoms with Gasteiger partial charge in [0.15, 0.2) is 0 Å². The molecule has 0 atom stereocenters. The quantitative estimate of drug-likeness (QED) is 0.794. The molecule has 0 radical (unpaired) electrons. The SMILES string of the molecule is COc1cncc(OC)c1C(C)(C)O. The summed E-state index contributed by atoms with van der Waals surface area (Å²) in [5, 5.41) is 9.93. The first kappa shape index (κ1) is 10.8. The lowest BCUT2D eigenvalue weighted by Crippen LogP contribution is -2.18. The molecule has 1 aromatic heterocycles. The molecule has 14 heavy (non-hydrogen) atoms. The molecule has 78 valence electrons. The number of rotatable bonds is 3. The van der Waals surface area contributed by atoms with E-state index in [1.165, 1.54) is 14.2 Å². The third-order valence-electron chi connectivity index (χ3n) is 1.93. The van der Waals surface area contributed by atoms with Crippen LogP contribution in [0.15, 0.2) is 12.4 Å². The fourth-order valence-corrected chi connectivity index (χ4v) is 1.34. The van der Waals surface area contributed by atoms with Crippen LogP contribution in [0.1, 0.15) is 19.4 Å². The van der Waals surface area contributed by atoms with Crippen LogP contribution in [-0.2, 0) is 5.60 Å². The molecule has 1 rings (SSSR count). The summed E-state index contributed by atoms with van der Waals surface area (Å²) < 4.78 is 10.2. The van der Waals surface area contributed by atoms with Crippen LogP contribution in [0.2, 0.25) is 0 Å². The van der Waals surface area contributed by atoms with E-state index in [0.29, 0.717) is 17.1 Å². The lowest BCUT2D eigenvalue weighted by atomic mass is 9.98. The van der Waals surface area contributed by atoms with Crippen molar-refractivity contribution in [2.45, 2.75) is 19.4 Å². The fourth-order valence-electron chi connectivity index (χ4n) is 1.34. The average molecular weight is 197 g/mol. The highest BCUT2D eigenvalue weighted by Crippen LogP contribution is 2.36. The van der Waals surface area contributed by atoms with E-state index in [0.717, 1.165) is 0 Å². The Morgan fingerprint density at radius 3 is 1.86 bits per heavy atom. The minimum Gasteiger partial charge on any atom is -0.495 e. The lowest BCUT2D eigenvalue weighted by molar-refractivity contribution is 0.0724. The maximum Gasteiger partial charge on any atom is 0.146 e. The zero-order valence-electron chi connectivity index (χ0n) is 8.87. The van der Waals surface area contributed by atoms with Gasteiger partial charge in [-0.1, -0.05) is 0 Å². The first-order valence-electron chi connectivity index (χ1n) is 4.29. The Labute approximate surface area is 83.5 Å². The van der Waals surface area contributed by atoms with Gasteiger partial charge in [-0.05, 0) is 13.8 Å². The number of methoxy groups -OCH3 is 2. The van der Waals surface area contributed by atoms with Crippen LogP contribution in [0, 0.1) is 0 Å². The Balaban J connectivity index is 3.34. The first-order valence-corrected chi connectivity index (χ1v) is 4.29. The monoisotopic (exact) mass is 197 g/mol. The third-order valence-corrected chi connectivity index (χ3v) is 1.93. The second kappa shape index (κ2) is 3.84. The van der Waals surface area contributed by atoms with Crippen molar-refractivity contribution in [3.63, 3.8) is 0 Å². The minimum atomic E-state index is -1.01. The summed E-state index contributed by atoms with van der Waals surface area (Å²) in [5.41, 5.74) is -0.405. The molecule has 0 aromatic carbocycles. The summed E-state index contributed by atoms with van der Waals surface area (Å²) in [5.74, 6) is 1.05. The van der Waals surface area contributed by atoms with E-state index in [4.69, 9.17) is 9.47 Å². The van der Waals surface area contributed by atoms with Crippen molar-refractivity contribution in [2.75, 3.05) is 14.2 Å². The second-order valence-corrected chi connectivity index (χ2v) is 3.48. The number of hydrogen-bond acceptors (Lipinski definition) is 4. The van der Waals surface area contributed by atoms with E-state index >= 15 is 0 Å². The summed E-state index contributed by atoms with van der Waals surface area (Å²) in [4.78, 5) is 3.94. The third kappa shape index (κ3) is 1.96. The number of aromatic nitrogens is 1. The van der Waals surface area contributed by atoms with Gasteiger partial charge < -0.3 is 14.6 Å². The molecule has 0 saturated carbocycles. The molecule has 1 N–H and O–H groups in total. The largest absolute Gasteiger partial charge is 0.495 e. The number of aliphatic hydroxyl groups is 1. The molecule has 0 saturated heterocycles. The zero-order chi connectivity index (χ0) is 10.8. The molecule has 0 fully saturated rings. The van der Waals surface area contributed by atoms with Gasteiger partial charge in [0, 0.05) is 0 Å². The van der Waals surface area contributed by atoms with Crippen LogP contribution in [0.4, 0.5) is 0 Å². The van der Waals surface area contributed by atoms with Gasteiger partial charge in [-0.3, -0.25) is 4.98 Å². The molecule has 0 bridgehead atoms. The van der Waals surface area contributed by atoms with E-state index < -0.39 is 5.60 Å². The summed E-state index contributed by atoms with van der Waals surface area (Å²) >= 11 is 0. The zero-order valence-corrected chi connectivity index (χ0v) is 8.87. The van der Waals surface area contributed by atoms with Crippen LogP contribution in [0.5, 0.6) is 11.5 Å². The van der Waals surface area contributed by atoms with Crippen LogP contribution < -0.4 is 9.47 Å². The topological polar surface area (TPSA) is 51.6 Å². The van der Waals surface area contributed by atoms with E-state index in [1.54, 1.807) is 26.2 Å². The molecule has 1 heterocycles. The smallest absolute Gasteiger partial charge is 0.146 e. The van der Waals surface area contributed by atoms with Crippen LogP contribution in [0.25, 0.3) is 0 Å². The molecule has 0 aliphatic rings. The maximum atomic E-state index is 9.93. The van der Waals surface area contributed by atoms with Crippen molar-refractivity contribution in [2.24, 2.45) is 0 Å². The molecule has 1 aromatic rings. The molecular weight excluding hydrogens is 182 g/mol. The van der Waals surface area contributed by atoms with Gasteiger partial charge in [-0.25, -0.2) is 0 Å². The molecule has 0 aliphatic heterocycles. The molecule has 4 heteroatoms. The number of hydrogen-bond donors (Lipinski definition) is 1. The van der Waals surface area contributed by atoms with Crippen LogP contribution in [-0.4, -0.2) is 24.3 Å². The highest BCUT2D eigenvalue weighted by atomic mass is 16.5. The predicted octanol–water partition coefficient (Wildman–Crippen LogP) is 1.33. The number of pyridine rings is 1. The van der Waals surface area contributed by atoms with E-state index in [2.05, 4.69) is 4.98 Å². The van der Waals surface area contributed by atoms with E-state index in [9.17, 15) is 5.11 Å². The highest BCUT2D eigenvalue weighted by molar-refractivity contribution is 5.45. The number of ether oxygens (including phenoxy) is 2. The minimum absolute atomic E-state index is 0.525. The molecule has 4 nitrogen and oxygen atoms in total. The molecule has 0 aliphatic carbocycles. The van der Waals surface area contributed by atoms with Gasteiger partial charge in [0.2, 0.25) is 0 Å². The molecule has 0 amide bonds.